The number of nitriles is 1. The van der Waals surface area contributed by atoms with Crippen molar-refractivity contribution < 1.29 is 9.72 Å². The van der Waals surface area contributed by atoms with Crippen molar-refractivity contribution in [3.05, 3.63) is 46.4 Å². The summed E-state index contributed by atoms with van der Waals surface area (Å²) < 4.78 is 0. The minimum Gasteiger partial charge on any atom is -0.370 e. The molecule has 6 heteroatoms. The Morgan fingerprint density at radius 2 is 2.29 bits per heavy atom. The average molecular weight is 232 g/mol. The molecule has 0 aromatic heterocycles. The van der Waals surface area contributed by atoms with Gasteiger partial charge in [-0.3, -0.25) is 14.9 Å². The lowest BCUT2D eigenvalue weighted by atomic mass is 9.92. The summed E-state index contributed by atoms with van der Waals surface area (Å²) in [5, 5.41) is 19.7. The standard InChI is InChI=1S/C11H10N3O3/c1-7(5-10(13)15)11-8(6-12)3-2-4-9(11)14(16)17/h2-4,7H,1,5H2,(H2,13,15). The van der Waals surface area contributed by atoms with Crippen LogP contribution in [0, 0.1) is 28.4 Å². The first-order chi connectivity index (χ1) is 7.97. The summed E-state index contributed by atoms with van der Waals surface area (Å²) in [6.45, 7) is 3.64. The molecule has 1 rings (SSSR count). The SMILES string of the molecule is [CH2]C(CC(N)=O)c1c(C#N)cccc1[N+](=O)[O-]. The fourth-order valence-corrected chi connectivity index (χ4v) is 1.58. The molecule has 0 spiro atoms. The van der Waals surface area contributed by atoms with Crippen LogP contribution in [0.2, 0.25) is 0 Å². The van der Waals surface area contributed by atoms with Crippen LogP contribution in [0.25, 0.3) is 0 Å². The lowest BCUT2D eigenvalue weighted by Gasteiger charge is -2.11. The van der Waals surface area contributed by atoms with Gasteiger partial charge in [-0.15, -0.1) is 0 Å². The highest BCUT2D eigenvalue weighted by atomic mass is 16.6. The van der Waals surface area contributed by atoms with E-state index in [9.17, 15) is 14.9 Å². The van der Waals surface area contributed by atoms with Crippen LogP contribution in [0.1, 0.15) is 23.5 Å². The number of nitrogens with zero attached hydrogens (tertiary/aromatic N) is 2. The van der Waals surface area contributed by atoms with Crippen molar-refractivity contribution in [2.24, 2.45) is 5.73 Å². The van der Waals surface area contributed by atoms with E-state index >= 15 is 0 Å². The van der Waals surface area contributed by atoms with Crippen LogP contribution in [0.3, 0.4) is 0 Å². The highest BCUT2D eigenvalue weighted by Crippen LogP contribution is 2.31. The number of carbonyl (C=O) groups excluding carboxylic acids is 1. The second-order valence-electron chi connectivity index (χ2n) is 3.47. The molecule has 0 fully saturated rings. The molecule has 1 aromatic carbocycles. The third kappa shape index (κ3) is 2.78. The van der Waals surface area contributed by atoms with Gasteiger partial charge in [-0.1, -0.05) is 6.07 Å². The maximum absolute atomic E-state index is 10.8. The number of nitro groups is 1. The minimum absolute atomic E-state index is 0.139. The zero-order chi connectivity index (χ0) is 13.0. The zero-order valence-corrected chi connectivity index (χ0v) is 8.92. The molecule has 1 atom stereocenters. The van der Waals surface area contributed by atoms with Crippen molar-refractivity contribution in [1.29, 1.82) is 5.26 Å². The third-order valence-electron chi connectivity index (χ3n) is 2.26. The molecule has 0 saturated carbocycles. The number of nitro benzene ring substituents is 1. The molecule has 0 saturated heterocycles. The summed E-state index contributed by atoms with van der Waals surface area (Å²) in [5.74, 6) is -1.32. The molecule has 17 heavy (non-hydrogen) atoms. The van der Waals surface area contributed by atoms with Gasteiger partial charge in [0.25, 0.3) is 5.69 Å². The number of amides is 1. The number of carbonyl (C=O) groups is 1. The predicted octanol–water partition coefficient (Wildman–Crippen LogP) is 1.26. The molecular weight excluding hydrogens is 222 g/mol. The van der Waals surface area contributed by atoms with Gasteiger partial charge < -0.3 is 5.73 Å². The number of benzene rings is 1. The van der Waals surface area contributed by atoms with E-state index in [2.05, 4.69) is 6.92 Å². The Morgan fingerprint density at radius 3 is 2.76 bits per heavy atom. The molecule has 87 valence electrons. The summed E-state index contributed by atoms with van der Waals surface area (Å²) in [4.78, 5) is 21.0. The number of nitrogens with two attached hydrogens (primary N) is 1. The lowest BCUT2D eigenvalue weighted by Crippen LogP contribution is -2.15. The number of rotatable bonds is 4. The first-order valence-corrected chi connectivity index (χ1v) is 4.76. The van der Waals surface area contributed by atoms with E-state index in [0.29, 0.717) is 0 Å². The van der Waals surface area contributed by atoms with Crippen molar-refractivity contribution in [1.82, 2.24) is 0 Å². The Labute approximate surface area is 97.8 Å². The molecular formula is C11H10N3O3. The number of hydrogen-bond acceptors (Lipinski definition) is 4. The third-order valence-corrected chi connectivity index (χ3v) is 2.26. The molecule has 2 N–H and O–H groups in total. The van der Waals surface area contributed by atoms with Gasteiger partial charge in [0.15, 0.2) is 0 Å². The van der Waals surface area contributed by atoms with Crippen molar-refractivity contribution in [2.45, 2.75) is 12.3 Å². The molecule has 0 heterocycles. The summed E-state index contributed by atoms with van der Waals surface area (Å²) in [6, 6.07) is 5.98. The second kappa shape index (κ2) is 5.07. The Morgan fingerprint density at radius 1 is 1.65 bits per heavy atom. The molecule has 0 aliphatic rings. The van der Waals surface area contributed by atoms with Gasteiger partial charge in [-0.25, -0.2) is 0 Å². The summed E-state index contributed by atoms with van der Waals surface area (Å²) >= 11 is 0. The van der Waals surface area contributed by atoms with E-state index < -0.39 is 16.7 Å². The molecule has 1 amide bonds. The van der Waals surface area contributed by atoms with Gasteiger partial charge in [0.1, 0.15) is 0 Å². The highest BCUT2D eigenvalue weighted by Gasteiger charge is 2.23. The van der Waals surface area contributed by atoms with Crippen LogP contribution >= 0.6 is 0 Å². The van der Waals surface area contributed by atoms with Crippen LogP contribution in [-0.2, 0) is 4.79 Å². The Bertz CT molecular complexity index is 505. The van der Waals surface area contributed by atoms with E-state index in [1.165, 1.54) is 18.2 Å². The summed E-state index contributed by atoms with van der Waals surface area (Å²) in [7, 11) is 0. The summed E-state index contributed by atoms with van der Waals surface area (Å²) in [6.07, 6.45) is -0.139. The number of primary amides is 1. The fraction of sp³-hybridized carbons (Fsp3) is 0.182. The van der Waals surface area contributed by atoms with Gasteiger partial charge in [0.05, 0.1) is 22.1 Å². The fourth-order valence-electron chi connectivity index (χ4n) is 1.58. The van der Waals surface area contributed by atoms with Gasteiger partial charge in [0.2, 0.25) is 5.91 Å². The zero-order valence-electron chi connectivity index (χ0n) is 8.92. The van der Waals surface area contributed by atoms with E-state index in [4.69, 9.17) is 11.0 Å². The van der Waals surface area contributed by atoms with Gasteiger partial charge in [-0.05, 0) is 13.0 Å². The van der Waals surface area contributed by atoms with Crippen molar-refractivity contribution >= 4 is 11.6 Å². The maximum atomic E-state index is 10.8. The first-order valence-electron chi connectivity index (χ1n) is 4.76. The van der Waals surface area contributed by atoms with Crippen LogP contribution < -0.4 is 5.73 Å². The molecule has 1 aromatic rings. The lowest BCUT2D eigenvalue weighted by molar-refractivity contribution is -0.385. The molecule has 0 aliphatic heterocycles. The van der Waals surface area contributed by atoms with Crippen LogP contribution in [0.15, 0.2) is 18.2 Å². The second-order valence-corrected chi connectivity index (χ2v) is 3.47. The van der Waals surface area contributed by atoms with Crippen LogP contribution in [-0.4, -0.2) is 10.8 Å². The van der Waals surface area contributed by atoms with Crippen LogP contribution in [0.5, 0.6) is 0 Å². The van der Waals surface area contributed by atoms with E-state index in [-0.39, 0.29) is 23.2 Å². The van der Waals surface area contributed by atoms with Gasteiger partial charge in [0, 0.05) is 18.4 Å². The smallest absolute Gasteiger partial charge is 0.274 e. The largest absolute Gasteiger partial charge is 0.370 e. The normalized spacial score (nSPS) is 11.5. The number of hydrogen-bond donors (Lipinski definition) is 1. The predicted molar refractivity (Wildman–Crippen MR) is 59.7 cm³/mol. The van der Waals surface area contributed by atoms with E-state index in [0.717, 1.165) is 0 Å². The molecule has 0 bridgehead atoms. The van der Waals surface area contributed by atoms with Crippen molar-refractivity contribution in [3.63, 3.8) is 0 Å². The molecule has 1 radical (unpaired) electrons. The molecule has 6 nitrogen and oxygen atoms in total. The van der Waals surface area contributed by atoms with Gasteiger partial charge in [-0.2, -0.15) is 5.26 Å². The Balaban J connectivity index is 3.32. The highest BCUT2D eigenvalue weighted by molar-refractivity contribution is 5.75. The van der Waals surface area contributed by atoms with Crippen LogP contribution in [0.4, 0.5) is 5.69 Å². The van der Waals surface area contributed by atoms with Gasteiger partial charge >= 0.3 is 0 Å². The molecule has 1 unspecified atom stereocenters. The van der Waals surface area contributed by atoms with E-state index in [1.54, 1.807) is 0 Å². The summed E-state index contributed by atoms with van der Waals surface area (Å²) in [5.41, 5.74) is 5.09. The average Bonchev–Trinajstić information content (AvgIpc) is 2.26. The quantitative estimate of drug-likeness (QED) is 0.622. The minimum atomic E-state index is -0.705. The topological polar surface area (TPSA) is 110 Å². The van der Waals surface area contributed by atoms with E-state index in [1.807, 2.05) is 6.07 Å². The van der Waals surface area contributed by atoms with Crippen molar-refractivity contribution in [2.75, 3.05) is 0 Å². The maximum Gasteiger partial charge on any atom is 0.274 e. The Kier molecular flexibility index (Phi) is 3.78. The molecule has 0 aliphatic carbocycles. The monoisotopic (exact) mass is 232 g/mol. The first kappa shape index (κ1) is 12.6. The Hall–Kier alpha value is -2.42. The van der Waals surface area contributed by atoms with Crippen molar-refractivity contribution in [3.8, 4) is 6.07 Å².